The fourth-order valence-corrected chi connectivity index (χ4v) is 8.87. The highest BCUT2D eigenvalue weighted by Crippen LogP contribution is 2.34. The second-order valence-corrected chi connectivity index (χ2v) is 15.1. The van der Waals surface area contributed by atoms with E-state index < -0.39 is 12.2 Å². The number of benzene rings is 2. The quantitative estimate of drug-likeness (QED) is 0.364. The number of fused-ring (bicyclic) bond motifs is 1. The van der Waals surface area contributed by atoms with Crippen LogP contribution in [0.3, 0.4) is 0 Å². The Bertz CT molecular complexity index is 1470. The minimum Gasteiger partial charge on any atom is -0.506 e. The highest BCUT2D eigenvalue weighted by molar-refractivity contribution is 9.11. The van der Waals surface area contributed by atoms with E-state index in [-0.39, 0.29) is 36.8 Å². The van der Waals surface area contributed by atoms with Crippen LogP contribution in [0.5, 0.6) is 5.75 Å². The number of amides is 4. The normalized spacial score (nSPS) is 20.8. The molecular weight excluding hydrogens is 760 g/mol. The number of halogens is 2. The topological polar surface area (TPSA) is 129 Å². The Hall–Kier alpha value is -2.91. The maximum Gasteiger partial charge on any atom is 0.410 e. The number of carbonyl (C=O) groups is 3. The SMILES string of the molecule is O=C(OC(Cc1cc(Br)c(O)c(Br)c1)C(=O)N1CCN(C2CCN(CCO)CC2)CC1)N1CCC(N2CCc3ccccc3NC2=O)CC1. The molecule has 4 amide bonds. The molecule has 3 saturated heterocycles. The van der Waals surface area contributed by atoms with Gasteiger partial charge in [-0.15, -0.1) is 0 Å². The molecule has 0 aromatic heterocycles. The Labute approximate surface area is 304 Å². The molecule has 0 bridgehead atoms. The average molecular weight is 807 g/mol. The van der Waals surface area contributed by atoms with Gasteiger partial charge in [0.05, 0.1) is 15.6 Å². The van der Waals surface area contributed by atoms with Gasteiger partial charge in [0.2, 0.25) is 0 Å². The third kappa shape index (κ3) is 8.70. The summed E-state index contributed by atoms with van der Waals surface area (Å²) in [5.74, 6) is -0.159. The number of ether oxygens (including phenoxy) is 1. The van der Waals surface area contributed by atoms with Crippen LogP contribution >= 0.6 is 31.9 Å². The Kier molecular flexibility index (Phi) is 12.0. The van der Waals surface area contributed by atoms with Gasteiger partial charge in [-0.1, -0.05) is 18.2 Å². The number of hydrogen-bond acceptors (Lipinski definition) is 8. The zero-order valence-electron chi connectivity index (χ0n) is 27.7. The molecule has 4 aliphatic rings. The minimum absolute atomic E-state index is 0.000647. The molecule has 1 atom stereocenters. The van der Waals surface area contributed by atoms with E-state index in [9.17, 15) is 24.6 Å². The molecule has 1 unspecified atom stereocenters. The second-order valence-electron chi connectivity index (χ2n) is 13.4. The summed E-state index contributed by atoms with van der Waals surface area (Å²) in [5.41, 5.74) is 2.70. The van der Waals surface area contributed by atoms with E-state index in [1.807, 2.05) is 34.1 Å². The van der Waals surface area contributed by atoms with Gasteiger partial charge in [-0.3, -0.25) is 9.69 Å². The molecule has 2 aromatic carbocycles. The Morgan fingerprint density at radius 2 is 1.53 bits per heavy atom. The first-order valence-corrected chi connectivity index (χ1v) is 18.9. The lowest BCUT2D eigenvalue weighted by atomic mass is 10.0. The number of piperazine rings is 1. The van der Waals surface area contributed by atoms with E-state index in [4.69, 9.17) is 4.74 Å². The highest BCUT2D eigenvalue weighted by atomic mass is 79.9. The molecule has 2 aromatic rings. The van der Waals surface area contributed by atoms with Crippen molar-refractivity contribution in [3.8, 4) is 5.75 Å². The summed E-state index contributed by atoms with van der Waals surface area (Å²) in [6.45, 7) is 6.93. The van der Waals surface area contributed by atoms with E-state index in [1.54, 1.807) is 17.0 Å². The van der Waals surface area contributed by atoms with Gasteiger partial charge in [0.1, 0.15) is 5.75 Å². The fraction of sp³-hybridized carbons (Fsp3) is 0.571. The molecule has 14 heteroatoms. The molecule has 0 spiro atoms. The first-order chi connectivity index (χ1) is 23.7. The van der Waals surface area contributed by atoms with Crippen LogP contribution in [-0.2, 0) is 22.4 Å². The van der Waals surface area contributed by atoms with Gasteiger partial charge in [0.15, 0.2) is 6.10 Å². The predicted molar refractivity (Wildman–Crippen MR) is 193 cm³/mol. The van der Waals surface area contributed by atoms with Crippen molar-refractivity contribution in [2.45, 2.75) is 56.7 Å². The van der Waals surface area contributed by atoms with Crippen LogP contribution in [0.4, 0.5) is 15.3 Å². The number of likely N-dealkylation sites (tertiary alicyclic amines) is 2. The minimum atomic E-state index is -1.03. The Balaban J connectivity index is 1.07. The number of phenolic OH excluding ortho intramolecular Hbond substituents is 1. The highest BCUT2D eigenvalue weighted by Gasteiger charge is 2.36. The summed E-state index contributed by atoms with van der Waals surface area (Å²) >= 11 is 6.76. The van der Waals surface area contributed by atoms with Crippen molar-refractivity contribution in [3.05, 3.63) is 56.5 Å². The van der Waals surface area contributed by atoms with Gasteiger partial charge < -0.3 is 39.9 Å². The molecule has 266 valence electrons. The molecule has 3 fully saturated rings. The maximum absolute atomic E-state index is 14.0. The first kappa shape index (κ1) is 35.9. The van der Waals surface area contributed by atoms with E-state index in [1.165, 1.54) is 0 Å². The lowest BCUT2D eigenvalue weighted by Crippen LogP contribution is -2.56. The zero-order valence-corrected chi connectivity index (χ0v) is 30.9. The molecule has 4 heterocycles. The van der Waals surface area contributed by atoms with Gasteiger partial charge >= 0.3 is 12.1 Å². The van der Waals surface area contributed by atoms with Crippen LogP contribution in [0.1, 0.15) is 36.8 Å². The Morgan fingerprint density at radius 1 is 0.878 bits per heavy atom. The van der Waals surface area contributed by atoms with Gasteiger partial charge in [-0.2, -0.15) is 0 Å². The lowest BCUT2D eigenvalue weighted by Gasteiger charge is -2.43. The smallest absolute Gasteiger partial charge is 0.410 e. The number of β-amino-alcohol motifs (C(OH)–C–C–N with tert-alkyl or cyclic N) is 1. The number of urea groups is 1. The third-order valence-corrected chi connectivity index (χ3v) is 11.6. The number of piperidine rings is 2. The number of rotatable bonds is 8. The summed E-state index contributed by atoms with van der Waals surface area (Å²) < 4.78 is 7.00. The van der Waals surface area contributed by atoms with Crippen LogP contribution in [0.15, 0.2) is 45.3 Å². The van der Waals surface area contributed by atoms with Crippen molar-refractivity contribution >= 4 is 55.6 Å². The van der Waals surface area contributed by atoms with Crippen molar-refractivity contribution in [2.24, 2.45) is 0 Å². The number of anilines is 1. The Morgan fingerprint density at radius 3 is 2.20 bits per heavy atom. The van der Waals surface area contributed by atoms with Gasteiger partial charge in [-0.25, -0.2) is 9.59 Å². The van der Waals surface area contributed by atoms with Gasteiger partial charge in [0, 0.05) is 76.5 Å². The molecule has 6 rings (SSSR count). The number of nitrogens with zero attached hydrogens (tertiary/aromatic N) is 5. The summed E-state index contributed by atoms with van der Waals surface area (Å²) in [6, 6.07) is 11.7. The van der Waals surface area contributed by atoms with Crippen LogP contribution < -0.4 is 5.32 Å². The van der Waals surface area contributed by atoms with Gasteiger partial charge in [-0.05, 0) is 106 Å². The molecule has 49 heavy (non-hydrogen) atoms. The average Bonchev–Trinajstić information content (AvgIpc) is 3.28. The lowest BCUT2D eigenvalue weighted by molar-refractivity contribution is -0.143. The standard InChI is InChI=1S/C35H46Br2N6O6/c36-28-21-24(22-29(37)32(28)45)23-31(33(46)41-17-15-40(16-18-41)26-6-10-39(11-7-26)19-20-44)49-35(48)42-12-8-27(9-13-42)43-14-5-25-3-1-2-4-30(25)38-34(43)47/h1-4,21-22,26-27,31,44-45H,5-20,23H2,(H,38,47). The fourth-order valence-electron chi connectivity index (χ4n) is 7.58. The van der Waals surface area contributed by atoms with Crippen LogP contribution in [0.2, 0.25) is 0 Å². The van der Waals surface area contributed by atoms with Crippen LogP contribution in [0, 0.1) is 0 Å². The number of nitrogens with one attached hydrogen (secondary N) is 1. The number of aliphatic hydroxyl groups is 1. The van der Waals surface area contributed by atoms with Crippen molar-refractivity contribution < 1.29 is 29.3 Å². The zero-order chi connectivity index (χ0) is 34.5. The molecule has 12 nitrogen and oxygen atoms in total. The monoisotopic (exact) mass is 804 g/mol. The summed E-state index contributed by atoms with van der Waals surface area (Å²) in [6.07, 6.45) is 2.70. The summed E-state index contributed by atoms with van der Waals surface area (Å²) in [7, 11) is 0. The molecule has 4 aliphatic heterocycles. The number of para-hydroxylation sites is 1. The number of carbonyl (C=O) groups excluding carboxylic acids is 3. The number of hydrogen-bond donors (Lipinski definition) is 3. The molecule has 0 aliphatic carbocycles. The van der Waals surface area contributed by atoms with E-state index in [0.717, 1.165) is 62.3 Å². The third-order valence-electron chi connectivity index (χ3n) is 10.4. The summed E-state index contributed by atoms with van der Waals surface area (Å²) in [4.78, 5) is 50.8. The largest absolute Gasteiger partial charge is 0.506 e. The number of aliphatic hydroxyl groups excluding tert-OH is 1. The molecule has 0 radical (unpaired) electrons. The van der Waals surface area contributed by atoms with Crippen molar-refractivity contribution in [2.75, 3.05) is 77.4 Å². The van der Waals surface area contributed by atoms with Crippen LogP contribution in [-0.4, -0.2) is 143 Å². The first-order valence-electron chi connectivity index (χ1n) is 17.3. The van der Waals surface area contributed by atoms with E-state index >= 15 is 0 Å². The van der Waals surface area contributed by atoms with Crippen LogP contribution in [0.25, 0.3) is 0 Å². The van der Waals surface area contributed by atoms with E-state index in [2.05, 4.69) is 47.0 Å². The van der Waals surface area contributed by atoms with Crippen molar-refractivity contribution in [3.63, 3.8) is 0 Å². The van der Waals surface area contributed by atoms with Crippen molar-refractivity contribution in [1.29, 1.82) is 0 Å². The predicted octanol–water partition coefficient (Wildman–Crippen LogP) is 4.12. The number of phenols is 1. The molecule has 0 saturated carbocycles. The molecular formula is C35H46Br2N6O6. The van der Waals surface area contributed by atoms with Gasteiger partial charge in [0.25, 0.3) is 5.91 Å². The van der Waals surface area contributed by atoms with E-state index in [0.29, 0.717) is 67.1 Å². The summed E-state index contributed by atoms with van der Waals surface area (Å²) in [5, 5.41) is 22.6. The number of aromatic hydroxyl groups is 1. The maximum atomic E-state index is 14.0. The van der Waals surface area contributed by atoms with Crippen molar-refractivity contribution in [1.82, 2.24) is 24.5 Å². The molecule has 3 N–H and O–H groups in total. The second kappa shape index (κ2) is 16.4.